The molecule has 0 saturated carbocycles. The third kappa shape index (κ3) is 2.87. The van der Waals surface area contributed by atoms with Gasteiger partial charge in [-0.05, 0) is 31.0 Å². The molecule has 0 heterocycles. The summed E-state index contributed by atoms with van der Waals surface area (Å²) in [5, 5.41) is 7.34. The lowest BCUT2D eigenvalue weighted by molar-refractivity contribution is -0.116. The van der Waals surface area contributed by atoms with Crippen LogP contribution in [0.25, 0.3) is 0 Å². The Kier molecular flexibility index (Phi) is 3.55. The summed E-state index contributed by atoms with van der Waals surface area (Å²) in [6.07, 6.45) is 0. The van der Waals surface area contributed by atoms with Gasteiger partial charge in [0.1, 0.15) is 11.4 Å². The Bertz CT molecular complexity index is 411. The molecule has 0 radical (unpaired) electrons. The fourth-order valence-corrected chi connectivity index (χ4v) is 1.40. The highest BCUT2D eigenvalue weighted by Gasteiger charge is 2.06. The van der Waals surface area contributed by atoms with Gasteiger partial charge in [0.25, 0.3) is 5.91 Å². The number of carbonyl (C=O) groups is 1. The highest BCUT2D eigenvalue weighted by atomic mass is 16.5. The first-order valence-corrected chi connectivity index (χ1v) is 4.62. The minimum atomic E-state index is -0.323. The molecule has 1 rings (SSSR count). The van der Waals surface area contributed by atoms with Crippen molar-refractivity contribution in [2.45, 2.75) is 20.8 Å². The average Bonchev–Trinajstić information content (AvgIpc) is 2.13. The number of nitrogens with zero attached hydrogens (tertiary/aromatic N) is 2. The molecule has 0 unspecified atom stereocenters. The molecule has 1 amide bonds. The Balaban J connectivity index is 3.20. The second-order valence-electron chi connectivity index (χ2n) is 3.35. The molecule has 1 aromatic carbocycles. The topological polar surface area (TPSA) is 51.0 Å². The van der Waals surface area contributed by atoms with E-state index >= 15 is 0 Å². The van der Waals surface area contributed by atoms with Crippen LogP contribution in [-0.2, 0) is 4.79 Å². The molecule has 1 aromatic rings. The van der Waals surface area contributed by atoms with E-state index in [1.807, 2.05) is 26.0 Å². The Morgan fingerprint density at radius 1 is 1.33 bits per heavy atom. The van der Waals surface area contributed by atoms with Gasteiger partial charge >= 0.3 is 0 Å². The molecular weight excluding hydrogens is 192 g/mol. The van der Waals surface area contributed by atoms with E-state index in [2.05, 4.69) is 10.2 Å². The Morgan fingerprint density at radius 2 is 2.00 bits per heavy atom. The lowest BCUT2D eigenvalue weighted by Crippen LogP contribution is -1.89. The van der Waals surface area contributed by atoms with Gasteiger partial charge in [-0.1, -0.05) is 6.07 Å². The van der Waals surface area contributed by atoms with Crippen molar-refractivity contribution in [3.8, 4) is 5.75 Å². The number of methoxy groups -OCH3 is 1. The molecule has 0 spiro atoms. The van der Waals surface area contributed by atoms with Crippen molar-refractivity contribution in [3.05, 3.63) is 23.3 Å². The van der Waals surface area contributed by atoms with Gasteiger partial charge in [-0.2, -0.15) is 0 Å². The second kappa shape index (κ2) is 4.68. The van der Waals surface area contributed by atoms with E-state index < -0.39 is 0 Å². The molecule has 4 heteroatoms. The predicted octanol–water partition coefficient (Wildman–Crippen LogP) is 2.94. The highest BCUT2D eigenvalue weighted by Crippen LogP contribution is 2.32. The van der Waals surface area contributed by atoms with Crippen LogP contribution in [-0.4, -0.2) is 13.0 Å². The SMILES string of the molecule is COc1c(C)cc(C)cc1N=NC(C)=O. The van der Waals surface area contributed by atoms with E-state index in [-0.39, 0.29) is 5.91 Å². The van der Waals surface area contributed by atoms with Crippen molar-refractivity contribution in [1.82, 2.24) is 0 Å². The first-order valence-electron chi connectivity index (χ1n) is 4.62. The molecule has 4 nitrogen and oxygen atoms in total. The molecule has 0 atom stereocenters. The maximum absolute atomic E-state index is 10.7. The second-order valence-corrected chi connectivity index (χ2v) is 3.35. The van der Waals surface area contributed by atoms with Crippen LogP contribution in [0.1, 0.15) is 18.1 Å². The van der Waals surface area contributed by atoms with E-state index in [0.717, 1.165) is 11.1 Å². The third-order valence-electron chi connectivity index (χ3n) is 1.90. The molecule has 0 bridgehead atoms. The molecular formula is C11H14N2O2. The van der Waals surface area contributed by atoms with E-state index in [4.69, 9.17) is 4.74 Å². The summed E-state index contributed by atoms with van der Waals surface area (Å²) in [6, 6.07) is 3.82. The molecule has 0 aliphatic heterocycles. The summed E-state index contributed by atoms with van der Waals surface area (Å²) in [7, 11) is 1.57. The number of benzene rings is 1. The van der Waals surface area contributed by atoms with E-state index in [9.17, 15) is 4.79 Å². The normalized spacial score (nSPS) is 10.7. The van der Waals surface area contributed by atoms with E-state index in [1.165, 1.54) is 6.92 Å². The molecule has 0 saturated heterocycles. The molecule has 0 aliphatic rings. The number of hydrogen-bond donors (Lipinski definition) is 0. The van der Waals surface area contributed by atoms with Gasteiger partial charge < -0.3 is 4.74 Å². The smallest absolute Gasteiger partial charge is 0.261 e. The number of hydrogen-bond acceptors (Lipinski definition) is 3. The summed E-state index contributed by atoms with van der Waals surface area (Å²) in [5.74, 6) is 0.335. The van der Waals surface area contributed by atoms with Crippen LogP contribution in [0.2, 0.25) is 0 Å². The number of ether oxygens (including phenoxy) is 1. The largest absolute Gasteiger partial charge is 0.494 e. The van der Waals surface area contributed by atoms with Crippen LogP contribution >= 0.6 is 0 Å². The Labute approximate surface area is 89.0 Å². The van der Waals surface area contributed by atoms with Gasteiger partial charge in [-0.3, -0.25) is 4.79 Å². The molecule has 0 fully saturated rings. The van der Waals surface area contributed by atoms with Crippen molar-refractivity contribution in [1.29, 1.82) is 0 Å². The van der Waals surface area contributed by atoms with E-state index in [1.54, 1.807) is 7.11 Å². The first kappa shape index (κ1) is 11.4. The van der Waals surface area contributed by atoms with Crippen LogP contribution in [0.5, 0.6) is 5.75 Å². The minimum Gasteiger partial charge on any atom is -0.494 e. The zero-order valence-corrected chi connectivity index (χ0v) is 9.37. The fourth-order valence-electron chi connectivity index (χ4n) is 1.40. The number of carbonyl (C=O) groups excluding carboxylic acids is 1. The maximum atomic E-state index is 10.7. The molecule has 15 heavy (non-hydrogen) atoms. The molecule has 0 aromatic heterocycles. The van der Waals surface area contributed by atoms with Crippen molar-refractivity contribution in [2.24, 2.45) is 10.2 Å². The summed E-state index contributed by atoms with van der Waals surface area (Å²) < 4.78 is 5.20. The zero-order valence-electron chi connectivity index (χ0n) is 9.37. The van der Waals surface area contributed by atoms with Crippen molar-refractivity contribution >= 4 is 11.6 Å². The highest BCUT2D eigenvalue weighted by molar-refractivity contribution is 5.73. The van der Waals surface area contributed by atoms with Gasteiger partial charge in [0.05, 0.1) is 7.11 Å². The Morgan fingerprint density at radius 3 is 2.53 bits per heavy atom. The van der Waals surface area contributed by atoms with Gasteiger partial charge in [0.15, 0.2) is 0 Å². The van der Waals surface area contributed by atoms with Gasteiger partial charge in [-0.15, -0.1) is 10.2 Å². The number of aryl methyl sites for hydroxylation is 2. The van der Waals surface area contributed by atoms with Gasteiger partial charge in [0.2, 0.25) is 0 Å². The van der Waals surface area contributed by atoms with Crippen molar-refractivity contribution in [2.75, 3.05) is 7.11 Å². The summed E-state index contributed by atoms with van der Waals surface area (Å²) in [6.45, 7) is 5.25. The minimum absolute atomic E-state index is 0.323. The summed E-state index contributed by atoms with van der Waals surface area (Å²) in [5.41, 5.74) is 2.63. The number of azo groups is 1. The van der Waals surface area contributed by atoms with Crippen LogP contribution < -0.4 is 4.74 Å². The van der Waals surface area contributed by atoms with E-state index in [0.29, 0.717) is 11.4 Å². The standard InChI is InChI=1S/C11H14N2O2/c1-7-5-8(2)11(15-4)10(6-7)13-12-9(3)14/h5-6H,1-4H3. The zero-order chi connectivity index (χ0) is 11.4. The van der Waals surface area contributed by atoms with Crippen LogP contribution in [0.3, 0.4) is 0 Å². The molecule has 80 valence electrons. The number of rotatable bonds is 2. The van der Waals surface area contributed by atoms with Gasteiger partial charge in [0, 0.05) is 6.92 Å². The fraction of sp³-hybridized carbons (Fsp3) is 0.364. The average molecular weight is 206 g/mol. The van der Waals surface area contributed by atoms with Crippen LogP contribution in [0, 0.1) is 13.8 Å². The maximum Gasteiger partial charge on any atom is 0.261 e. The quantitative estimate of drug-likeness (QED) is 0.698. The Hall–Kier alpha value is -1.71. The molecule has 0 aliphatic carbocycles. The van der Waals surface area contributed by atoms with Crippen LogP contribution in [0.15, 0.2) is 22.4 Å². The number of amides is 1. The predicted molar refractivity (Wildman–Crippen MR) is 57.7 cm³/mol. The first-order chi connectivity index (χ1) is 7.04. The van der Waals surface area contributed by atoms with Crippen molar-refractivity contribution in [3.63, 3.8) is 0 Å². The van der Waals surface area contributed by atoms with Crippen LogP contribution in [0.4, 0.5) is 5.69 Å². The summed E-state index contributed by atoms with van der Waals surface area (Å²) >= 11 is 0. The monoisotopic (exact) mass is 206 g/mol. The lowest BCUT2D eigenvalue weighted by atomic mass is 10.1. The summed E-state index contributed by atoms with van der Waals surface area (Å²) in [4.78, 5) is 10.7. The van der Waals surface area contributed by atoms with Crippen molar-refractivity contribution < 1.29 is 9.53 Å². The lowest BCUT2D eigenvalue weighted by Gasteiger charge is -2.08. The molecule has 0 N–H and O–H groups in total. The third-order valence-corrected chi connectivity index (χ3v) is 1.90. The van der Waals surface area contributed by atoms with Gasteiger partial charge in [-0.25, -0.2) is 0 Å².